The van der Waals surface area contributed by atoms with E-state index < -0.39 is 0 Å². The normalized spacial score (nSPS) is 14.2. The lowest BCUT2D eigenvalue weighted by Crippen LogP contribution is -2.19. The van der Waals surface area contributed by atoms with Crippen molar-refractivity contribution in [2.75, 3.05) is 13.2 Å². The van der Waals surface area contributed by atoms with Crippen molar-refractivity contribution in [1.82, 2.24) is 9.55 Å². The Hall–Kier alpha value is -2.22. The van der Waals surface area contributed by atoms with E-state index in [-0.39, 0.29) is 5.41 Å². The Morgan fingerprint density at radius 1 is 1.24 bits per heavy atom. The topological polar surface area (TPSA) is 60.1 Å². The molecular formula is C16H19N3O2. The van der Waals surface area contributed by atoms with E-state index in [2.05, 4.69) is 31.4 Å². The predicted molar refractivity (Wildman–Crippen MR) is 79.7 cm³/mol. The maximum absolute atomic E-state index is 8.89. The van der Waals surface area contributed by atoms with E-state index in [0.29, 0.717) is 26.2 Å². The molecule has 2 heterocycles. The summed E-state index contributed by atoms with van der Waals surface area (Å²) in [7, 11) is 0. The van der Waals surface area contributed by atoms with E-state index in [0.717, 1.165) is 28.4 Å². The molecule has 0 fully saturated rings. The number of aromatic nitrogens is 2. The van der Waals surface area contributed by atoms with Crippen LogP contribution in [0.15, 0.2) is 12.1 Å². The van der Waals surface area contributed by atoms with E-state index in [9.17, 15) is 0 Å². The summed E-state index contributed by atoms with van der Waals surface area (Å²) in [6.07, 6.45) is 0.461. The lowest BCUT2D eigenvalue weighted by atomic mass is 9.95. The third-order valence-electron chi connectivity index (χ3n) is 3.53. The first kappa shape index (κ1) is 13.7. The zero-order valence-electron chi connectivity index (χ0n) is 12.6. The van der Waals surface area contributed by atoms with E-state index >= 15 is 0 Å². The molecule has 1 aromatic carbocycles. The maximum Gasteiger partial charge on any atom is 0.163 e. The molecule has 2 aromatic rings. The van der Waals surface area contributed by atoms with Gasteiger partial charge in [-0.05, 0) is 0 Å². The molecule has 0 atom stereocenters. The second-order valence-electron chi connectivity index (χ2n) is 6.23. The molecule has 0 saturated carbocycles. The quantitative estimate of drug-likeness (QED) is 0.851. The van der Waals surface area contributed by atoms with Crippen molar-refractivity contribution in [2.24, 2.45) is 0 Å². The lowest BCUT2D eigenvalue weighted by Gasteiger charge is -2.20. The average molecular weight is 285 g/mol. The minimum Gasteiger partial charge on any atom is -0.486 e. The molecule has 21 heavy (non-hydrogen) atoms. The fraction of sp³-hybridized carbons (Fsp3) is 0.500. The summed E-state index contributed by atoms with van der Waals surface area (Å²) in [5.74, 6) is 2.49. The molecule has 1 aliphatic rings. The highest BCUT2D eigenvalue weighted by Crippen LogP contribution is 2.36. The van der Waals surface area contributed by atoms with Gasteiger partial charge in [0.1, 0.15) is 19.0 Å². The van der Waals surface area contributed by atoms with Crippen LogP contribution < -0.4 is 9.47 Å². The van der Waals surface area contributed by atoms with Crippen LogP contribution >= 0.6 is 0 Å². The summed E-state index contributed by atoms with van der Waals surface area (Å²) >= 11 is 0. The van der Waals surface area contributed by atoms with Crippen molar-refractivity contribution in [3.05, 3.63) is 18.0 Å². The van der Waals surface area contributed by atoms with Crippen LogP contribution in [0.3, 0.4) is 0 Å². The van der Waals surface area contributed by atoms with Crippen LogP contribution in [0.1, 0.15) is 33.0 Å². The van der Waals surface area contributed by atoms with Gasteiger partial charge in [-0.2, -0.15) is 5.26 Å². The first-order valence-corrected chi connectivity index (χ1v) is 7.18. The molecule has 0 amide bonds. The highest BCUT2D eigenvalue weighted by atomic mass is 16.6. The summed E-state index contributed by atoms with van der Waals surface area (Å²) in [6, 6.07) is 6.12. The number of hydrogen-bond donors (Lipinski definition) is 0. The Kier molecular flexibility index (Phi) is 3.25. The molecule has 5 nitrogen and oxygen atoms in total. The number of hydrogen-bond acceptors (Lipinski definition) is 4. The van der Waals surface area contributed by atoms with E-state index in [4.69, 9.17) is 19.7 Å². The zero-order valence-corrected chi connectivity index (χ0v) is 12.6. The van der Waals surface area contributed by atoms with Gasteiger partial charge < -0.3 is 14.0 Å². The standard InChI is InChI=1S/C16H19N3O2/c1-16(2,3)15-18-11-9-13-14(21-8-7-20-13)10-12(11)19(15)6-4-5-17/h9-10H,4,6-8H2,1-3H3. The van der Waals surface area contributed by atoms with Crippen molar-refractivity contribution < 1.29 is 9.47 Å². The van der Waals surface area contributed by atoms with Gasteiger partial charge in [0.05, 0.1) is 23.5 Å². The third-order valence-corrected chi connectivity index (χ3v) is 3.53. The molecule has 110 valence electrons. The van der Waals surface area contributed by atoms with Gasteiger partial charge in [0.2, 0.25) is 0 Å². The van der Waals surface area contributed by atoms with Crippen molar-refractivity contribution in [2.45, 2.75) is 39.2 Å². The molecule has 1 aliphatic heterocycles. The van der Waals surface area contributed by atoms with Crippen LogP contribution in [0.25, 0.3) is 11.0 Å². The van der Waals surface area contributed by atoms with Crippen LogP contribution in [-0.2, 0) is 12.0 Å². The largest absolute Gasteiger partial charge is 0.486 e. The summed E-state index contributed by atoms with van der Waals surface area (Å²) < 4.78 is 13.4. The van der Waals surface area contributed by atoms with Gasteiger partial charge in [0.15, 0.2) is 11.5 Å². The monoisotopic (exact) mass is 285 g/mol. The number of benzene rings is 1. The number of ether oxygens (including phenoxy) is 2. The molecular weight excluding hydrogens is 266 g/mol. The molecule has 0 spiro atoms. The van der Waals surface area contributed by atoms with E-state index in [1.165, 1.54) is 0 Å². The molecule has 5 heteroatoms. The number of aryl methyl sites for hydroxylation is 1. The first-order chi connectivity index (χ1) is 10.0. The van der Waals surface area contributed by atoms with E-state index in [1.54, 1.807) is 0 Å². The maximum atomic E-state index is 8.89. The van der Waals surface area contributed by atoms with Crippen LogP contribution in [0, 0.1) is 11.3 Å². The van der Waals surface area contributed by atoms with Crippen LogP contribution in [0.5, 0.6) is 11.5 Å². The average Bonchev–Trinajstić information content (AvgIpc) is 2.80. The predicted octanol–water partition coefficient (Wildman–Crippen LogP) is 3.02. The number of rotatable bonds is 2. The summed E-state index contributed by atoms with van der Waals surface area (Å²) in [5, 5.41) is 8.89. The SMILES string of the molecule is CC(C)(C)c1nc2cc3c(cc2n1CCC#N)OCCO3. The minimum atomic E-state index is -0.0866. The molecule has 0 aliphatic carbocycles. The Labute approximate surface area is 124 Å². The molecule has 0 bridgehead atoms. The first-order valence-electron chi connectivity index (χ1n) is 7.18. The zero-order chi connectivity index (χ0) is 15.0. The second-order valence-corrected chi connectivity index (χ2v) is 6.23. The number of fused-ring (bicyclic) bond motifs is 2. The molecule has 0 radical (unpaired) electrons. The number of nitriles is 1. The lowest BCUT2D eigenvalue weighted by molar-refractivity contribution is 0.172. The molecule has 0 saturated heterocycles. The van der Waals surface area contributed by atoms with Crippen molar-refractivity contribution in [1.29, 1.82) is 5.26 Å². The van der Waals surface area contributed by atoms with Crippen molar-refractivity contribution in [3.8, 4) is 17.6 Å². The summed E-state index contributed by atoms with van der Waals surface area (Å²) in [5.41, 5.74) is 1.80. The Morgan fingerprint density at radius 2 is 1.90 bits per heavy atom. The Morgan fingerprint density at radius 3 is 2.52 bits per heavy atom. The van der Waals surface area contributed by atoms with Gasteiger partial charge in [0, 0.05) is 24.1 Å². The van der Waals surface area contributed by atoms with Gasteiger partial charge in [-0.15, -0.1) is 0 Å². The van der Waals surface area contributed by atoms with Crippen molar-refractivity contribution in [3.63, 3.8) is 0 Å². The van der Waals surface area contributed by atoms with Crippen LogP contribution in [-0.4, -0.2) is 22.8 Å². The smallest absolute Gasteiger partial charge is 0.163 e. The Bertz CT molecular complexity index is 720. The Balaban J connectivity index is 2.20. The minimum absolute atomic E-state index is 0.0866. The fourth-order valence-electron chi connectivity index (χ4n) is 2.62. The van der Waals surface area contributed by atoms with Gasteiger partial charge in [-0.1, -0.05) is 20.8 Å². The van der Waals surface area contributed by atoms with E-state index in [1.807, 2.05) is 12.1 Å². The highest BCUT2D eigenvalue weighted by Gasteiger charge is 2.24. The van der Waals surface area contributed by atoms with Gasteiger partial charge >= 0.3 is 0 Å². The van der Waals surface area contributed by atoms with Gasteiger partial charge in [-0.3, -0.25) is 0 Å². The van der Waals surface area contributed by atoms with Crippen LogP contribution in [0.4, 0.5) is 0 Å². The number of nitrogens with zero attached hydrogens (tertiary/aromatic N) is 3. The van der Waals surface area contributed by atoms with Gasteiger partial charge in [-0.25, -0.2) is 4.98 Å². The third kappa shape index (κ3) is 2.42. The van der Waals surface area contributed by atoms with Crippen molar-refractivity contribution >= 4 is 11.0 Å². The molecule has 0 N–H and O–H groups in total. The molecule has 1 aromatic heterocycles. The summed E-state index contributed by atoms with van der Waals surface area (Å²) in [6.45, 7) is 8.16. The van der Waals surface area contributed by atoms with Crippen LogP contribution in [0.2, 0.25) is 0 Å². The highest BCUT2D eigenvalue weighted by molar-refractivity contribution is 5.81. The van der Waals surface area contributed by atoms with Gasteiger partial charge in [0.25, 0.3) is 0 Å². The number of imidazole rings is 1. The molecule has 0 unspecified atom stereocenters. The summed E-state index contributed by atoms with van der Waals surface area (Å²) in [4.78, 5) is 4.76. The second kappa shape index (κ2) is 4.96. The fourth-order valence-corrected chi connectivity index (χ4v) is 2.62. The molecule has 3 rings (SSSR count).